The van der Waals surface area contributed by atoms with Crippen LogP contribution in [0.2, 0.25) is 0 Å². The molecule has 149 heavy (non-hydrogen) atoms. The molecule has 0 bridgehead atoms. The number of nitrogens with zero attached hydrogens (tertiary/aromatic N) is 13. The molecule has 16 aromatic carbocycles. The van der Waals surface area contributed by atoms with Crippen molar-refractivity contribution in [2.24, 2.45) is 76.7 Å². The summed E-state index contributed by atoms with van der Waals surface area (Å²) >= 11 is 0. The molecule has 16 aromatic rings. The highest BCUT2D eigenvalue weighted by Crippen LogP contribution is 2.58. The number of hydrogen-bond acceptors (Lipinski definition) is 28. The second-order valence-corrected chi connectivity index (χ2v) is 34.5. The van der Waals surface area contributed by atoms with Crippen molar-refractivity contribution in [1.82, 2.24) is 0 Å². The Labute approximate surface area is 858 Å². The predicted octanol–water partition coefficient (Wildman–Crippen LogP) is 29.2. The summed E-state index contributed by atoms with van der Waals surface area (Å²) in [6.07, 6.45) is 0.418. The fourth-order valence-electron chi connectivity index (χ4n) is 17.3. The van der Waals surface area contributed by atoms with E-state index in [1.807, 2.05) is 298 Å². The Hall–Kier alpha value is -19.6. The zero-order valence-electron chi connectivity index (χ0n) is 81.1. The summed E-state index contributed by atoms with van der Waals surface area (Å²) in [5, 5.41) is 7.33. The Balaban J connectivity index is 0.000000124. The van der Waals surface area contributed by atoms with Gasteiger partial charge in [-0.3, -0.25) is 0 Å². The summed E-state index contributed by atoms with van der Waals surface area (Å²) < 4.78 is 85.1. The highest BCUT2D eigenvalue weighted by Gasteiger charge is 2.47. The molecule has 1 aliphatic carbocycles. The maximum Gasteiger partial charge on any atom is 0.231 e. The van der Waals surface area contributed by atoms with E-state index in [1.54, 1.807) is 12.1 Å². The molecule has 28 nitrogen and oxygen atoms in total. The smallest absolute Gasteiger partial charge is 0.231 e. The minimum Gasteiger partial charge on any atom is -0.491 e. The largest absolute Gasteiger partial charge is 0.491 e. The predicted molar refractivity (Wildman–Crippen MR) is 572 cm³/mol. The van der Waals surface area contributed by atoms with E-state index in [2.05, 4.69) is 181 Å². The first-order valence-corrected chi connectivity index (χ1v) is 48.2. The van der Waals surface area contributed by atoms with Gasteiger partial charge >= 0.3 is 0 Å². The van der Waals surface area contributed by atoms with Crippen molar-refractivity contribution in [2.75, 3.05) is 53.6 Å². The van der Waals surface area contributed by atoms with E-state index in [9.17, 15) is 0 Å². The molecule has 1 N–H and O–H groups in total. The van der Waals surface area contributed by atoms with Gasteiger partial charge in [0.05, 0.1) is 24.6 Å². The summed E-state index contributed by atoms with van der Waals surface area (Å²) in [5.74, 6) is 9.26. The average Bonchev–Trinajstić information content (AvgIpc) is 1.54. The molecule has 0 fully saturated rings. The quantitative estimate of drug-likeness (QED) is 0.105. The molecule has 732 valence electrons. The monoisotopic (exact) mass is 1970 g/mol. The van der Waals surface area contributed by atoms with Crippen LogP contribution < -0.4 is 66.3 Å². The first-order chi connectivity index (χ1) is 73.6. The molecule has 23 rings (SSSR count). The van der Waals surface area contributed by atoms with Crippen LogP contribution in [0.3, 0.4) is 0 Å². The molecule has 6 aliphatic heterocycles. The van der Waals surface area contributed by atoms with Gasteiger partial charge in [0.1, 0.15) is 192 Å². The van der Waals surface area contributed by atoms with Crippen LogP contribution in [0.1, 0.15) is 59.2 Å². The van der Waals surface area contributed by atoms with Crippen molar-refractivity contribution < 1.29 is 66.3 Å². The van der Waals surface area contributed by atoms with Crippen molar-refractivity contribution in [3.8, 4) is 91.6 Å². The van der Waals surface area contributed by atoms with Gasteiger partial charge in [0.15, 0.2) is 23.7 Å². The number of nitrogens with one attached hydrogen (secondary N) is 1. The van der Waals surface area contributed by atoms with Crippen LogP contribution in [0, 0.1) is 24.2 Å². The molecule has 0 spiro atoms. The van der Waals surface area contributed by atoms with Gasteiger partial charge in [-0.15, -0.1) is 0 Å². The van der Waals surface area contributed by atoms with E-state index in [1.165, 1.54) is 0 Å². The summed E-state index contributed by atoms with van der Waals surface area (Å²) in [5.41, 5.74) is 16.9. The van der Waals surface area contributed by atoms with Crippen molar-refractivity contribution >= 4 is 116 Å². The third kappa shape index (κ3) is 23.2. The second-order valence-electron chi connectivity index (χ2n) is 34.5. The number of ether oxygens (including phenoxy) is 14. The summed E-state index contributed by atoms with van der Waals surface area (Å²) in [7, 11) is 0. The lowest BCUT2D eigenvalue weighted by molar-refractivity contribution is -0.000276. The summed E-state index contributed by atoms with van der Waals surface area (Å²) in [6.45, 7) is 7.93. The average molecular weight is 1970 g/mol. The van der Waals surface area contributed by atoms with Crippen molar-refractivity contribution in [3.63, 3.8) is 0 Å². The van der Waals surface area contributed by atoms with E-state index in [0.717, 1.165) is 85.1 Å². The van der Waals surface area contributed by atoms with E-state index in [-0.39, 0.29) is 40.4 Å². The number of rotatable bonds is 13. The molecule has 3 atom stereocenters. The Kier molecular flexibility index (Phi) is 30.6. The van der Waals surface area contributed by atoms with Crippen LogP contribution in [0.25, 0.3) is 11.1 Å². The first kappa shape index (κ1) is 96.9. The van der Waals surface area contributed by atoms with Crippen LogP contribution in [-0.4, -0.2) is 108 Å². The Morgan fingerprint density at radius 2 is 0.644 bits per heavy atom. The first-order valence-electron chi connectivity index (χ1n) is 48.2. The molecule has 0 aromatic heterocycles. The second kappa shape index (κ2) is 47.1. The van der Waals surface area contributed by atoms with Gasteiger partial charge in [-0.2, -0.15) is 64.9 Å². The third-order valence-corrected chi connectivity index (χ3v) is 25.1. The lowest BCUT2D eigenvalue weighted by Crippen LogP contribution is -2.44. The van der Waals surface area contributed by atoms with Crippen LogP contribution in [0.5, 0.6) is 80.5 Å². The van der Waals surface area contributed by atoms with Gasteiger partial charge in [0.2, 0.25) is 27.2 Å². The van der Waals surface area contributed by atoms with Gasteiger partial charge in [-0.1, -0.05) is 220 Å². The molecule has 0 saturated heterocycles. The van der Waals surface area contributed by atoms with Crippen LogP contribution >= 0.6 is 0 Å². The molecule has 0 amide bonds. The van der Waals surface area contributed by atoms with E-state index < -0.39 is 17.6 Å². The molecule has 6 heterocycles. The normalized spacial score (nSPS) is 14.9. The third-order valence-electron chi connectivity index (χ3n) is 25.1. The summed E-state index contributed by atoms with van der Waals surface area (Å²) in [4.78, 5) is 56.7. The van der Waals surface area contributed by atoms with Crippen molar-refractivity contribution in [1.29, 1.82) is 5.41 Å². The molecule has 7 aliphatic rings. The number of benzene rings is 16. The lowest BCUT2D eigenvalue weighted by Gasteiger charge is -2.34. The number of fused-ring (bicyclic) bond motifs is 15. The van der Waals surface area contributed by atoms with E-state index in [4.69, 9.17) is 71.7 Å². The van der Waals surface area contributed by atoms with Crippen LogP contribution in [-0.2, 0) is 11.8 Å². The fraction of sp³-hybridized carbons (Fsp3) is 0.149. The van der Waals surface area contributed by atoms with Gasteiger partial charge in [-0.25, -0.2) is 5.41 Å². The van der Waals surface area contributed by atoms with Crippen molar-refractivity contribution in [2.45, 2.75) is 51.2 Å². The minimum absolute atomic E-state index is 0.0198. The van der Waals surface area contributed by atoms with Gasteiger partial charge in [0.25, 0.3) is 0 Å². The van der Waals surface area contributed by atoms with Crippen LogP contribution in [0.4, 0.5) is 73.9 Å². The molecule has 0 saturated carbocycles. The Morgan fingerprint density at radius 3 is 1.04 bits per heavy atom. The van der Waals surface area contributed by atoms with Crippen molar-refractivity contribution in [3.05, 3.63) is 403 Å². The summed E-state index contributed by atoms with van der Waals surface area (Å²) in [6, 6.07) is 134. The molecular weight excluding hydrogens is 1870 g/mol. The Morgan fingerprint density at radius 1 is 0.329 bits per heavy atom. The molecule has 0 radical (unpaired) electrons. The molecule has 3 unspecified atom stereocenters. The highest BCUT2D eigenvalue weighted by atomic mass is 16.7. The number of aliphatic imine (C=N–C) groups is 13. The van der Waals surface area contributed by atoms with Gasteiger partial charge < -0.3 is 66.3 Å². The topological polar surface area (TPSA) is 314 Å². The fourth-order valence-corrected chi connectivity index (χ4v) is 17.3. The lowest BCUT2D eigenvalue weighted by atomic mass is 9.67. The number of aryl methyl sites for hydroxylation is 1. The van der Waals surface area contributed by atoms with Gasteiger partial charge in [-0.05, 0) is 233 Å². The number of hydrogen-bond donors (Lipinski definition) is 1. The standard InChI is InChI=1S/C41H26N4O4.C31H26N4O4.C29H20N4O4.C20H22N2O2/c1-3-11-31-29(9-1)30-10-2-4-12-32(30)41(31,27-17-19-35-39(21-27)48-25-46-37-15-7-5-13-33(37)42-23-44-35)28-18-20-36-40(22-28)49-26-47-38-16-8-6-14-34(38)43-24-45-36;1-22-10-2-6-14-26(22)36-18-30(38-28-16-8-4-12-24(28)33-20-32)31-19-37-27-15-7-3-11-23(27)34-21-35-25-13-5-9-17-29(25)39-31;1-3-7-26-22(5-1)30-16-32-24-14-20(9-11-28(24)36-18-34-26)13-21-10-12-29-25(15-21)33-17-31-23-6-2-4-8-27(23)35-19-37-29;1-3-15(2)16-12-23-19-10-6-4-8-17(19)21-14-22-18-9-5-7-11-20(18)24-13-16/h1-22H,25-26H2;2-17,30-32H,18-19H2,1H3;1-12,14-15H,13,18-19H2;4-11,15-16H,3,12-13H2,1-2H3. The van der Waals surface area contributed by atoms with Gasteiger partial charge in [0, 0.05) is 5.92 Å². The van der Waals surface area contributed by atoms with E-state index in [0.29, 0.717) is 157 Å². The zero-order chi connectivity index (χ0) is 101. The molecule has 28 heteroatoms. The molecular formula is C121H94N14O14. The maximum atomic E-state index is 7.33. The zero-order valence-corrected chi connectivity index (χ0v) is 81.1. The number of para-hydroxylation sites is 19. The van der Waals surface area contributed by atoms with Crippen LogP contribution in [0.15, 0.2) is 429 Å². The minimum atomic E-state index is -0.759. The SMILES string of the molecule is C1=Nc2ccccc2OCOc2cc(C3(c4ccc5c(c4)OCOc4ccccc4N=C=N5)c4ccccc4-c4ccccc43)ccc2N=1.C1=Nc2ccccc2OCOc2ccc(Cc3ccc4c(c3)N=C=Nc3ccccc3OCO4)cc2N=1.CCC(C)C1COc2ccccc2N=C=Nc2ccccc2OC1.Cc1ccccc1OCC(Oc1ccccc1N=C=N)C1COc2ccccc2N=C=Nc2ccccc2O1. The maximum absolute atomic E-state index is 7.33. The van der Waals surface area contributed by atoms with E-state index >= 15 is 0 Å². The Bertz CT molecular complexity index is 7780. The highest BCUT2D eigenvalue weighted by molar-refractivity contribution is 5.88.